The van der Waals surface area contributed by atoms with Crippen molar-refractivity contribution in [3.8, 4) is 0 Å². The predicted molar refractivity (Wildman–Crippen MR) is 73.3 cm³/mol. The second-order valence-corrected chi connectivity index (χ2v) is 5.48. The summed E-state index contributed by atoms with van der Waals surface area (Å²) in [5, 5.41) is 0. The Bertz CT molecular complexity index is 373. The lowest BCUT2D eigenvalue weighted by molar-refractivity contribution is 0.151. The number of likely N-dealkylation sites (tertiary alicyclic amines) is 1. The third-order valence-electron chi connectivity index (χ3n) is 3.82. The maximum atomic E-state index is 6.01. The first-order valence-electron chi connectivity index (χ1n) is 6.70. The Morgan fingerprint density at radius 1 is 1.56 bits per heavy atom. The van der Waals surface area contributed by atoms with Crippen molar-refractivity contribution in [3.63, 3.8) is 0 Å². The van der Waals surface area contributed by atoms with Crippen molar-refractivity contribution in [1.29, 1.82) is 0 Å². The fourth-order valence-electron chi connectivity index (χ4n) is 3.00. The summed E-state index contributed by atoms with van der Waals surface area (Å²) in [6.07, 6.45) is 6.34. The van der Waals surface area contributed by atoms with E-state index in [0.717, 1.165) is 13.1 Å². The molecule has 0 amide bonds. The third kappa shape index (κ3) is 2.74. The predicted octanol–water partition coefficient (Wildman–Crippen LogP) is 0.446. The SMILES string of the molecule is CN(C)CC1CCCN1C(CN)c1cncn1C. The van der Waals surface area contributed by atoms with Gasteiger partial charge in [-0.1, -0.05) is 0 Å². The molecule has 2 atom stereocenters. The maximum absolute atomic E-state index is 6.01. The fourth-order valence-corrected chi connectivity index (χ4v) is 3.00. The third-order valence-corrected chi connectivity index (χ3v) is 3.82. The van der Waals surface area contributed by atoms with E-state index in [1.165, 1.54) is 18.5 Å². The highest BCUT2D eigenvalue weighted by Gasteiger charge is 2.32. The molecule has 2 N–H and O–H groups in total. The Hall–Kier alpha value is -0.910. The standard InChI is InChI=1S/C13H25N5/c1-16(2)9-11-5-4-6-18(11)12(7-14)13-8-15-10-17(13)3/h8,10-12H,4-7,9,14H2,1-3H3. The highest BCUT2D eigenvalue weighted by atomic mass is 15.3. The molecule has 0 spiro atoms. The number of likely N-dealkylation sites (N-methyl/N-ethyl adjacent to an activating group) is 1. The molecule has 18 heavy (non-hydrogen) atoms. The molecule has 2 rings (SSSR count). The van der Waals surface area contributed by atoms with Crippen LogP contribution in [-0.4, -0.2) is 59.1 Å². The summed E-state index contributed by atoms with van der Waals surface area (Å²) in [4.78, 5) is 9.03. The summed E-state index contributed by atoms with van der Waals surface area (Å²) in [7, 11) is 6.32. The molecule has 0 aromatic carbocycles. The average Bonchev–Trinajstić information content (AvgIpc) is 2.91. The van der Waals surface area contributed by atoms with Gasteiger partial charge in [0.15, 0.2) is 0 Å². The van der Waals surface area contributed by atoms with Crippen LogP contribution in [0.15, 0.2) is 12.5 Å². The molecule has 0 radical (unpaired) electrons. The summed E-state index contributed by atoms with van der Waals surface area (Å²) in [6, 6.07) is 0.911. The molecule has 1 fully saturated rings. The minimum atomic E-state index is 0.296. The number of aromatic nitrogens is 2. The molecule has 0 aliphatic carbocycles. The zero-order valence-electron chi connectivity index (χ0n) is 11.7. The van der Waals surface area contributed by atoms with Crippen molar-refractivity contribution in [1.82, 2.24) is 19.4 Å². The average molecular weight is 251 g/mol. The highest BCUT2D eigenvalue weighted by Crippen LogP contribution is 2.28. The quantitative estimate of drug-likeness (QED) is 0.825. The number of nitrogens with two attached hydrogens (primary N) is 1. The Balaban J connectivity index is 2.14. The lowest BCUT2D eigenvalue weighted by Crippen LogP contribution is -2.42. The molecule has 2 unspecified atom stereocenters. The van der Waals surface area contributed by atoms with Gasteiger partial charge in [0.1, 0.15) is 0 Å². The first kappa shape index (κ1) is 13.5. The highest BCUT2D eigenvalue weighted by molar-refractivity contribution is 5.07. The molecule has 1 saturated heterocycles. The van der Waals surface area contributed by atoms with Crippen molar-refractivity contribution >= 4 is 0 Å². The van der Waals surface area contributed by atoms with Crippen LogP contribution >= 0.6 is 0 Å². The normalized spacial score (nSPS) is 22.8. The van der Waals surface area contributed by atoms with Gasteiger partial charge in [0.25, 0.3) is 0 Å². The number of aryl methyl sites for hydroxylation is 1. The van der Waals surface area contributed by atoms with Crippen molar-refractivity contribution < 1.29 is 0 Å². The fraction of sp³-hybridized carbons (Fsp3) is 0.769. The van der Waals surface area contributed by atoms with Gasteiger partial charge in [-0.3, -0.25) is 4.90 Å². The number of rotatable bonds is 5. The van der Waals surface area contributed by atoms with Crippen LogP contribution in [0.4, 0.5) is 0 Å². The molecule has 2 heterocycles. The van der Waals surface area contributed by atoms with Gasteiger partial charge >= 0.3 is 0 Å². The molecule has 1 aromatic heterocycles. The molecule has 1 aromatic rings. The van der Waals surface area contributed by atoms with Crippen LogP contribution in [0.5, 0.6) is 0 Å². The topological polar surface area (TPSA) is 50.3 Å². The molecule has 1 aliphatic heterocycles. The largest absolute Gasteiger partial charge is 0.336 e. The van der Waals surface area contributed by atoms with Crippen LogP contribution in [0.25, 0.3) is 0 Å². The minimum Gasteiger partial charge on any atom is -0.336 e. The lowest BCUT2D eigenvalue weighted by Gasteiger charge is -2.33. The van der Waals surface area contributed by atoms with Gasteiger partial charge in [0.05, 0.1) is 18.1 Å². The number of hydrogen-bond donors (Lipinski definition) is 1. The molecule has 0 saturated carbocycles. The first-order chi connectivity index (χ1) is 8.63. The number of nitrogens with zero attached hydrogens (tertiary/aromatic N) is 4. The summed E-state index contributed by atoms with van der Waals surface area (Å²) in [5.74, 6) is 0. The molecular weight excluding hydrogens is 226 g/mol. The van der Waals surface area contributed by atoms with Gasteiger partial charge in [-0.15, -0.1) is 0 Å². The molecular formula is C13H25N5. The van der Waals surface area contributed by atoms with E-state index in [4.69, 9.17) is 5.73 Å². The van der Waals surface area contributed by atoms with E-state index in [2.05, 4.69) is 33.4 Å². The second kappa shape index (κ2) is 5.82. The van der Waals surface area contributed by atoms with Crippen molar-refractivity contribution in [3.05, 3.63) is 18.2 Å². The van der Waals surface area contributed by atoms with Crippen LogP contribution in [0.3, 0.4) is 0 Å². The zero-order chi connectivity index (χ0) is 13.1. The molecule has 5 heteroatoms. The summed E-state index contributed by atoms with van der Waals surface area (Å²) < 4.78 is 2.09. The summed E-state index contributed by atoms with van der Waals surface area (Å²) in [6.45, 7) is 2.91. The van der Waals surface area contributed by atoms with E-state index in [9.17, 15) is 0 Å². The van der Waals surface area contributed by atoms with Gasteiger partial charge in [-0.25, -0.2) is 4.98 Å². The Labute approximate surface area is 110 Å². The van der Waals surface area contributed by atoms with Crippen molar-refractivity contribution in [2.24, 2.45) is 12.8 Å². The van der Waals surface area contributed by atoms with Crippen molar-refractivity contribution in [2.45, 2.75) is 24.9 Å². The van der Waals surface area contributed by atoms with Gasteiger partial charge in [0, 0.05) is 32.4 Å². The first-order valence-corrected chi connectivity index (χ1v) is 6.70. The Morgan fingerprint density at radius 2 is 2.33 bits per heavy atom. The smallest absolute Gasteiger partial charge is 0.0946 e. The van der Waals surface area contributed by atoms with E-state index in [-0.39, 0.29) is 0 Å². The Kier molecular flexibility index (Phi) is 4.37. The van der Waals surface area contributed by atoms with Crippen LogP contribution in [-0.2, 0) is 7.05 Å². The van der Waals surface area contributed by atoms with Gasteiger partial charge < -0.3 is 15.2 Å². The van der Waals surface area contributed by atoms with E-state index >= 15 is 0 Å². The monoisotopic (exact) mass is 251 g/mol. The molecule has 102 valence electrons. The van der Waals surface area contributed by atoms with E-state index < -0.39 is 0 Å². The van der Waals surface area contributed by atoms with Gasteiger partial charge in [-0.2, -0.15) is 0 Å². The van der Waals surface area contributed by atoms with E-state index in [1.54, 1.807) is 0 Å². The van der Waals surface area contributed by atoms with E-state index in [0.29, 0.717) is 18.6 Å². The molecule has 5 nitrogen and oxygen atoms in total. The van der Waals surface area contributed by atoms with Gasteiger partial charge in [-0.05, 0) is 33.5 Å². The Morgan fingerprint density at radius 3 is 2.89 bits per heavy atom. The molecule has 0 bridgehead atoms. The summed E-state index contributed by atoms with van der Waals surface area (Å²) >= 11 is 0. The minimum absolute atomic E-state index is 0.296. The zero-order valence-corrected chi connectivity index (χ0v) is 11.7. The van der Waals surface area contributed by atoms with Gasteiger partial charge in [0.2, 0.25) is 0 Å². The van der Waals surface area contributed by atoms with Crippen LogP contribution in [0.1, 0.15) is 24.6 Å². The van der Waals surface area contributed by atoms with Crippen LogP contribution < -0.4 is 5.73 Å². The second-order valence-electron chi connectivity index (χ2n) is 5.48. The molecule has 1 aliphatic rings. The maximum Gasteiger partial charge on any atom is 0.0946 e. The van der Waals surface area contributed by atoms with Crippen LogP contribution in [0, 0.1) is 0 Å². The lowest BCUT2D eigenvalue weighted by atomic mass is 10.1. The van der Waals surface area contributed by atoms with Crippen molar-refractivity contribution in [2.75, 3.05) is 33.7 Å². The number of imidazole rings is 1. The van der Waals surface area contributed by atoms with Crippen LogP contribution in [0.2, 0.25) is 0 Å². The summed E-state index contributed by atoms with van der Waals surface area (Å²) in [5.41, 5.74) is 7.23. The number of hydrogen-bond acceptors (Lipinski definition) is 4. The van der Waals surface area contributed by atoms with E-state index in [1.807, 2.05) is 19.6 Å².